The van der Waals surface area contributed by atoms with Crippen LogP contribution in [0.5, 0.6) is 0 Å². The van der Waals surface area contributed by atoms with Gasteiger partial charge in [-0.05, 0) is 119 Å². The monoisotopic (exact) mass is 911 g/mol. The average Bonchev–Trinajstić information content (AvgIpc) is 4.09. The summed E-state index contributed by atoms with van der Waals surface area (Å²) in [5, 5.41) is 9.56. The number of aromatic nitrogens is 3. The Labute approximate surface area is 414 Å². The molecule has 4 unspecified atom stereocenters. The molecule has 6 aromatic carbocycles. The summed E-state index contributed by atoms with van der Waals surface area (Å²) in [4.78, 5) is 5.75. The van der Waals surface area contributed by atoms with Gasteiger partial charge in [-0.1, -0.05) is 183 Å². The third-order valence-corrected chi connectivity index (χ3v) is 17.0. The maximum atomic E-state index is 5.75. The van der Waals surface area contributed by atoms with Crippen molar-refractivity contribution in [3.05, 3.63) is 226 Å². The molecule has 5 aliphatic carbocycles. The fourth-order valence-electron chi connectivity index (χ4n) is 13.8. The highest BCUT2D eigenvalue weighted by Crippen LogP contribution is 2.51. The number of hydrogen-bond donors (Lipinski definition) is 0. The molecule has 0 N–H and O–H groups in total. The number of nitrogens with zero attached hydrogens (tertiary/aromatic N) is 3. The average molecular weight is 912 g/mol. The first kappa shape index (κ1) is 40.8. The minimum absolute atomic E-state index is 0.103. The summed E-state index contributed by atoms with van der Waals surface area (Å²) < 4.78 is 5.30. The molecular formula is C68H53N3. The molecular weight excluding hydrogens is 859 g/mol. The van der Waals surface area contributed by atoms with Gasteiger partial charge in [-0.15, -0.1) is 0 Å². The van der Waals surface area contributed by atoms with E-state index >= 15 is 0 Å². The van der Waals surface area contributed by atoms with Crippen LogP contribution in [0.25, 0.3) is 106 Å². The van der Waals surface area contributed by atoms with Gasteiger partial charge in [0.2, 0.25) is 0 Å². The van der Waals surface area contributed by atoms with Crippen molar-refractivity contribution >= 4 is 83.3 Å². The van der Waals surface area contributed by atoms with Crippen molar-refractivity contribution in [2.75, 3.05) is 0 Å². The van der Waals surface area contributed by atoms with E-state index in [-0.39, 0.29) is 11.8 Å². The van der Waals surface area contributed by atoms with E-state index < -0.39 is 0 Å². The van der Waals surface area contributed by atoms with Crippen molar-refractivity contribution in [1.29, 1.82) is 0 Å². The van der Waals surface area contributed by atoms with E-state index in [2.05, 4.69) is 224 Å². The van der Waals surface area contributed by atoms with Crippen LogP contribution in [0.3, 0.4) is 0 Å². The van der Waals surface area contributed by atoms with E-state index in [1.807, 2.05) is 0 Å². The van der Waals surface area contributed by atoms with Gasteiger partial charge < -0.3 is 8.97 Å². The van der Waals surface area contributed by atoms with Crippen LogP contribution in [0.15, 0.2) is 182 Å². The molecule has 0 saturated carbocycles. The van der Waals surface area contributed by atoms with E-state index in [9.17, 15) is 0 Å². The van der Waals surface area contributed by atoms with Crippen LogP contribution in [-0.4, -0.2) is 14.0 Å². The SMILES string of the molecule is Cc1c(-c2ccc(-c3ccccc3)cc2)nc(C2C=CC(n3c4ccc5c(c4c4c6ccccc6c6c(c7c8c(c9ccccc9n86)=CCC7C)c43)C=CCC5)=CC2)c(C)c1C1=CC=CC2C=CC=CC12. The van der Waals surface area contributed by atoms with Gasteiger partial charge in [0.25, 0.3) is 0 Å². The van der Waals surface area contributed by atoms with E-state index in [1.54, 1.807) is 0 Å². The number of hydrogen-bond acceptors (Lipinski definition) is 1. The molecule has 0 amide bonds. The fraction of sp³-hybridized carbons (Fsp3) is 0.162. The van der Waals surface area contributed by atoms with Gasteiger partial charge >= 0.3 is 0 Å². The zero-order valence-corrected chi connectivity index (χ0v) is 40.5. The lowest BCUT2D eigenvalue weighted by atomic mass is 9.74. The van der Waals surface area contributed by atoms with Crippen molar-refractivity contribution in [2.24, 2.45) is 11.8 Å². The van der Waals surface area contributed by atoms with Crippen molar-refractivity contribution in [3.8, 4) is 22.4 Å². The first-order valence-corrected chi connectivity index (χ1v) is 25.9. The van der Waals surface area contributed by atoms with Gasteiger partial charge in [0.1, 0.15) is 0 Å². The van der Waals surface area contributed by atoms with Crippen LogP contribution in [-0.2, 0) is 6.42 Å². The maximum absolute atomic E-state index is 5.75. The lowest BCUT2D eigenvalue weighted by molar-refractivity contribution is 0.675. The number of pyridine rings is 1. The molecule has 0 fully saturated rings. The van der Waals surface area contributed by atoms with Gasteiger partial charge in [0.05, 0.1) is 39.0 Å². The number of para-hydroxylation sites is 1. The van der Waals surface area contributed by atoms with Crippen LogP contribution in [0.2, 0.25) is 0 Å². The second-order valence-electron chi connectivity index (χ2n) is 20.8. The highest BCUT2D eigenvalue weighted by atomic mass is 15.0. The number of rotatable bonds is 5. The molecule has 340 valence electrons. The molecule has 0 saturated heterocycles. The molecule has 15 rings (SSSR count). The summed E-state index contributed by atoms with van der Waals surface area (Å²) in [5.41, 5.74) is 23.3. The lowest BCUT2D eigenvalue weighted by Gasteiger charge is -2.31. The minimum atomic E-state index is 0.103. The second kappa shape index (κ2) is 15.5. The standard InChI is InChI=1S/C68H53N3/c1-40-28-38-56-52-23-13-14-27-57(52)71-66(56)59(40)63-67(71)55-25-12-11-24-54(55)62-61-51-22-10-8-19-46(51)35-39-58(61)70(68(62)63)49-36-33-48(34-37-49)65-42(3)60(53-26-15-20-45-18-7-9-21-50(45)53)41(2)64(69-65)47-31-29-44(30-32-47)43-16-5-4-6-17-43/h4-7,9-18,20-27,29-33,35-40,45,48,50H,8,19,28,34H2,1-3H3. The summed E-state index contributed by atoms with van der Waals surface area (Å²) in [5.74, 6) is 1.10. The summed E-state index contributed by atoms with van der Waals surface area (Å²) >= 11 is 0. The molecule has 0 spiro atoms. The second-order valence-corrected chi connectivity index (χ2v) is 20.8. The largest absolute Gasteiger partial charge is 0.309 e. The fourth-order valence-corrected chi connectivity index (χ4v) is 13.8. The molecule has 10 aromatic rings. The van der Waals surface area contributed by atoms with Gasteiger partial charge in [0.15, 0.2) is 0 Å². The first-order chi connectivity index (χ1) is 35.0. The van der Waals surface area contributed by atoms with E-state index in [4.69, 9.17) is 4.98 Å². The predicted molar refractivity (Wildman–Crippen MR) is 301 cm³/mol. The third-order valence-electron chi connectivity index (χ3n) is 17.0. The summed E-state index contributed by atoms with van der Waals surface area (Å²) in [7, 11) is 0. The Bertz CT molecular complexity index is 4250. The van der Waals surface area contributed by atoms with Crippen molar-refractivity contribution in [1.82, 2.24) is 14.0 Å². The van der Waals surface area contributed by atoms with Gasteiger partial charge in [0, 0.05) is 61.2 Å². The molecule has 4 atom stereocenters. The van der Waals surface area contributed by atoms with Crippen molar-refractivity contribution in [2.45, 2.75) is 58.3 Å². The predicted octanol–water partition coefficient (Wildman–Crippen LogP) is 16.7. The zero-order chi connectivity index (χ0) is 47.1. The van der Waals surface area contributed by atoms with Gasteiger partial charge in [-0.3, -0.25) is 4.98 Å². The Kier molecular flexibility index (Phi) is 8.91. The Balaban J connectivity index is 0.953. The molecule has 71 heavy (non-hydrogen) atoms. The van der Waals surface area contributed by atoms with Gasteiger partial charge in [-0.2, -0.15) is 0 Å². The number of benzene rings is 6. The van der Waals surface area contributed by atoms with Crippen LogP contribution < -0.4 is 5.22 Å². The molecule has 5 aliphatic rings. The first-order valence-electron chi connectivity index (χ1n) is 25.9. The number of allylic oxidation sites excluding steroid dienone is 13. The Morgan fingerprint density at radius 2 is 1.35 bits per heavy atom. The summed E-state index contributed by atoms with van der Waals surface area (Å²) in [6, 6.07) is 43.0. The normalized spacial score (nSPS) is 20.1. The van der Waals surface area contributed by atoms with Crippen LogP contribution in [0, 0.1) is 25.7 Å². The van der Waals surface area contributed by atoms with Crippen LogP contribution >= 0.6 is 0 Å². The molecule has 0 radical (unpaired) electrons. The molecule has 0 aliphatic heterocycles. The summed E-state index contributed by atoms with van der Waals surface area (Å²) in [6.45, 7) is 7.09. The minimum Gasteiger partial charge on any atom is -0.309 e. The van der Waals surface area contributed by atoms with Gasteiger partial charge in [-0.25, -0.2) is 0 Å². The zero-order valence-electron chi connectivity index (χ0n) is 40.5. The van der Waals surface area contributed by atoms with Crippen LogP contribution in [0.1, 0.15) is 77.1 Å². The highest BCUT2D eigenvalue weighted by molar-refractivity contribution is 6.35. The maximum Gasteiger partial charge on any atom is 0.0740 e. The third kappa shape index (κ3) is 5.81. The molecule has 3 nitrogen and oxygen atoms in total. The number of aryl methyl sites for hydroxylation is 1. The highest BCUT2D eigenvalue weighted by Gasteiger charge is 2.33. The van der Waals surface area contributed by atoms with Crippen LogP contribution in [0.4, 0.5) is 0 Å². The Morgan fingerprint density at radius 3 is 2.20 bits per heavy atom. The number of fused-ring (bicyclic) bond motifs is 16. The van der Waals surface area contributed by atoms with E-state index in [1.165, 1.54) is 121 Å². The van der Waals surface area contributed by atoms with E-state index in [0.29, 0.717) is 11.8 Å². The van der Waals surface area contributed by atoms with E-state index in [0.717, 1.165) is 42.6 Å². The molecule has 4 aromatic heterocycles. The molecule has 4 heterocycles. The van der Waals surface area contributed by atoms with Crippen molar-refractivity contribution < 1.29 is 0 Å². The topological polar surface area (TPSA) is 22.2 Å². The molecule has 0 bridgehead atoms. The van der Waals surface area contributed by atoms with Crippen molar-refractivity contribution in [3.63, 3.8) is 0 Å². The smallest absolute Gasteiger partial charge is 0.0740 e. The quantitative estimate of drug-likeness (QED) is 0.169. The lowest BCUT2D eigenvalue weighted by Crippen LogP contribution is -2.18. The molecule has 3 heteroatoms. The summed E-state index contributed by atoms with van der Waals surface area (Å²) in [6.07, 6.45) is 34.9. The Morgan fingerprint density at radius 1 is 0.592 bits per heavy atom. The Hall–Kier alpha value is -8.01.